The first kappa shape index (κ1) is 25.1. The van der Waals surface area contributed by atoms with Crippen LogP contribution in [0.2, 0.25) is 0 Å². The Kier molecular flexibility index (Phi) is 9.90. The Hall–Kier alpha value is -3.17. The van der Waals surface area contributed by atoms with E-state index in [4.69, 9.17) is 5.11 Å². The molecule has 0 fully saturated rings. The molecule has 3 aromatic carbocycles. The van der Waals surface area contributed by atoms with E-state index < -0.39 is 5.97 Å². The minimum Gasteiger partial charge on any atom is -0.478 e. The molecule has 0 aliphatic carbocycles. The van der Waals surface area contributed by atoms with Gasteiger partial charge in [0.2, 0.25) is 0 Å². The molecule has 32 heavy (non-hydrogen) atoms. The number of fused-ring (bicyclic) bond motifs is 1. The van der Waals surface area contributed by atoms with E-state index in [1.54, 1.807) is 12.1 Å². The predicted octanol–water partition coefficient (Wildman–Crippen LogP) is 7.31. The van der Waals surface area contributed by atoms with Crippen LogP contribution < -0.4 is 5.32 Å². The number of hydrogen-bond acceptors (Lipinski definition) is 2. The number of carboxylic acid groups (broad SMARTS) is 1. The number of carboxylic acids is 1. The summed E-state index contributed by atoms with van der Waals surface area (Å²) in [6, 6.07) is 22.1. The van der Waals surface area contributed by atoms with Gasteiger partial charge in [-0.1, -0.05) is 76.2 Å². The lowest BCUT2D eigenvalue weighted by molar-refractivity contribution is 0.0697. The van der Waals surface area contributed by atoms with Crippen LogP contribution >= 0.6 is 0 Å². The van der Waals surface area contributed by atoms with Crippen LogP contribution in [0.3, 0.4) is 0 Å². The van der Waals surface area contributed by atoms with Crippen LogP contribution in [0.1, 0.15) is 67.2 Å². The molecule has 0 unspecified atom stereocenters. The highest BCUT2D eigenvalue weighted by Gasteiger charge is 2.16. The fourth-order valence-corrected chi connectivity index (χ4v) is 3.78. The molecule has 0 spiro atoms. The zero-order valence-corrected chi connectivity index (χ0v) is 19.9. The first-order valence-corrected chi connectivity index (χ1v) is 11.6. The first-order chi connectivity index (χ1) is 15.6. The third kappa shape index (κ3) is 6.18. The molecule has 0 radical (unpaired) electrons. The van der Waals surface area contributed by atoms with Crippen molar-refractivity contribution in [1.82, 2.24) is 5.32 Å². The quantitative estimate of drug-likeness (QED) is 0.427. The number of benzene rings is 3. The molecule has 1 aliphatic rings. The number of rotatable bonds is 4. The second kappa shape index (κ2) is 12.6. The number of nitrogens with one attached hydrogen (secondary N) is 1. The van der Waals surface area contributed by atoms with Gasteiger partial charge in [-0.25, -0.2) is 4.79 Å². The van der Waals surface area contributed by atoms with Crippen molar-refractivity contribution in [2.45, 2.75) is 47.6 Å². The number of aromatic carboxylic acids is 1. The van der Waals surface area contributed by atoms with Crippen LogP contribution in [-0.2, 0) is 13.0 Å². The van der Waals surface area contributed by atoms with Gasteiger partial charge in [-0.15, -0.1) is 0 Å². The lowest BCUT2D eigenvalue weighted by Gasteiger charge is -2.22. The van der Waals surface area contributed by atoms with E-state index in [9.17, 15) is 4.79 Å². The third-order valence-corrected chi connectivity index (χ3v) is 5.29. The molecular formula is C29H35NO2. The van der Waals surface area contributed by atoms with Crippen molar-refractivity contribution < 1.29 is 9.90 Å². The van der Waals surface area contributed by atoms with Gasteiger partial charge in [0.15, 0.2) is 0 Å². The summed E-state index contributed by atoms with van der Waals surface area (Å²) >= 11 is 0. The highest BCUT2D eigenvalue weighted by Crippen LogP contribution is 2.32. The van der Waals surface area contributed by atoms with Crippen LogP contribution in [-0.4, -0.2) is 17.6 Å². The minimum absolute atomic E-state index is 0.307. The summed E-state index contributed by atoms with van der Waals surface area (Å²) in [7, 11) is 0. The molecule has 4 rings (SSSR count). The van der Waals surface area contributed by atoms with E-state index in [1.807, 2.05) is 45.9 Å². The van der Waals surface area contributed by atoms with E-state index in [-0.39, 0.29) is 0 Å². The Morgan fingerprint density at radius 1 is 0.906 bits per heavy atom. The molecule has 168 valence electrons. The molecule has 0 aromatic heterocycles. The molecule has 1 heterocycles. The highest BCUT2D eigenvalue weighted by molar-refractivity contribution is 5.89. The second-order valence-electron chi connectivity index (χ2n) is 7.21. The monoisotopic (exact) mass is 429 g/mol. The van der Waals surface area contributed by atoms with E-state index in [0.29, 0.717) is 5.56 Å². The highest BCUT2D eigenvalue weighted by atomic mass is 16.4. The van der Waals surface area contributed by atoms with Crippen LogP contribution in [0, 0.1) is 0 Å². The first-order valence-electron chi connectivity index (χ1n) is 11.6. The third-order valence-electron chi connectivity index (χ3n) is 5.29. The van der Waals surface area contributed by atoms with Gasteiger partial charge in [0.1, 0.15) is 0 Å². The maximum atomic E-state index is 11.0. The summed E-state index contributed by atoms with van der Waals surface area (Å²) in [6.45, 7) is 12.0. The molecule has 1 aliphatic heterocycles. The van der Waals surface area contributed by atoms with Crippen molar-refractivity contribution in [3.8, 4) is 11.1 Å². The number of allylic oxidation sites excluding steroid dienone is 1. The van der Waals surface area contributed by atoms with Gasteiger partial charge in [0.25, 0.3) is 0 Å². The standard InChI is InChI=1S/C25H23NO2.2C2H6/c1-17(13-18-7-9-20(10-8-18)25(27)28)21-14-22-16-26-12-11-23(22)24(15-21)19-5-3-2-4-6-19;2*1-2/h2-10,13-15,26H,11-12,16H2,1H3,(H,27,28);2*1-2H3/b17-13-;;. The average molecular weight is 430 g/mol. The Balaban J connectivity index is 0.000000860. The van der Waals surface area contributed by atoms with Crippen LogP contribution in [0.15, 0.2) is 66.7 Å². The van der Waals surface area contributed by atoms with Gasteiger partial charge < -0.3 is 10.4 Å². The number of carbonyl (C=O) groups is 1. The summed E-state index contributed by atoms with van der Waals surface area (Å²) in [6.07, 6.45) is 3.15. The normalized spacial score (nSPS) is 12.5. The van der Waals surface area contributed by atoms with Crippen molar-refractivity contribution in [2.75, 3.05) is 6.54 Å². The maximum Gasteiger partial charge on any atom is 0.335 e. The van der Waals surface area contributed by atoms with Gasteiger partial charge in [0.05, 0.1) is 5.56 Å². The summed E-state index contributed by atoms with van der Waals surface area (Å²) in [4.78, 5) is 11.0. The molecule has 3 aromatic rings. The molecule has 0 amide bonds. The van der Waals surface area contributed by atoms with Gasteiger partial charge >= 0.3 is 5.97 Å². The molecule has 3 heteroatoms. The molecular weight excluding hydrogens is 394 g/mol. The zero-order valence-electron chi connectivity index (χ0n) is 19.9. The van der Waals surface area contributed by atoms with Gasteiger partial charge in [-0.3, -0.25) is 0 Å². The Morgan fingerprint density at radius 3 is 2.19 bits per heavy atom. The zero-order chi connectivity index (χ0) is 23.5. The van der Waals surface area contributed by atoms with Crippen molar-refractivity contribution in [2.24, 2.45) is 0 Å². The molecule has 0 saturated carbocycles. The Labute approximate surface area is 192 Å². The summed E-state index contributed by atoms with van der Waals surface area (Å²) < 4.78 is 0. The van der Waals surface area contributed by atoms with Gasteiger partial charge in [-0.2, -0.15) is 0 Å². The fourth-order valence-electron chi connectivity index (χ4n) is 3.78. The van der Waals surface area contributed by atoms with Crippen molar-refractivity contribution in [3.05, 3.63) is 94.5 Å². The van der Waals surface area contributed by atoms with E-state index in [0.717, 1.165) is 30.6 Å². The van der Waals surface area contributed by atoms with Crippen LogP contribution in [0.5, 0.6) is 0 Å². The average Bonchev–Trinajstić information content (AvgIpc) is 2.86. The van der Waals surface area contributed by atoms with Crippen molar-refractivity contribution in [3.63, 3.8) is 0 Å². The van der Waals surface area contributed by atoms with Crippen molar-refractivity contribution >= 4 is 17.6 Å². The lowest BCUT2D eigenvalue weighted by atomic mass is 9.87. The van der Waals surface area contributed by atoms with Gasteiger partial charge in [0, 0.05) is 6.54 Å². The molecule has 3 nitrogen and oxygen atoms in total. The molecule has 0 atom stereocenters. The van der Waals surface area contributed by atoms with E-state index >= 15 is 0 Å². The van der Waals surface area contributed by atoms with E-state index in [2.05, 4.69) is 54.7 Å². The molecule has 0 saturated heterocycles. The van der Waals surface area contributed by atoms with Crippen LogP contribution in [0.25, 0.3) is 22.8 Å². The van der Waals surface area contributed by atoms with Gasteiger partial charge in [-0.05, 0) is 83.1 Å². The SMILES string of the molecule is C/C(=C/c1ccc(C(=O)O)cc1)c1cc2c(c(-c3ccccc3)c1)CCNC2.CC.CC. The number of hydrogen-bond donors (Lipinski definition) is 2. The van der Waals surface area contributed by atoms with Crippen LogP contribution in [0.4, 0.5) is 0 Å². The van der Waals surface area contributed by atoms with E-state index in [1.165, 1.54) is 27.8 Å². The fraction of sp³-hybridized carbons (Fsp3) is 0.276. The second-order valence-corrected chi connectivity index (χ2v) is 7.21. The van der Waals surface area contributed by atoms with Crippen molar-refractivity contribution in [1.29, 1.82) is 0 Å². The Bertz CT molecular complexity index is 1030. The molecule has 2 N–H and O–H groups in total. The Morgan fingerprint density at radius 2 is 1.56 bits per heavy atom. The lowest BCUT2D eigenvalue weighted by Crippen LogP contribution is -2.24. The summed E-state index contributed by atoms with van der Waals surface area (Å²) in [5.41, 5.74) is 9.02. The smallest absolute Gasteiger partial charge is 0.335 e. The molecule has 0 bridgehead atoms. The maximum absolute atomic E-state index is 11.0. The largest absolute Gasteiger partial charge is 0.478 e. The minimum atomic E-state index is -0.901. The predicted molar refractivity (Wildman–Crippen MR) is 137 cm³/mol. The summed E-state index contributed by atoms with van der Waals surface area (Å²) in [5.74, 6) is -0.901. The topological polar surface area (TPSA) is 49.3 Å². The summed E-state index contributed by atoms with van der Waals surface area (Å²) in [5, 5.41) is 12.5.